The van der Waals surface area contributed by atoms with Crippen molar-refractivity contribution in [3.63, 3.8) is 0 Å². The van der Waals surface area contributed by atoms with E-state index in [-0.39, 0.29) is 21.9 Å². The first-order chi connectivity index (χ1) is 13.8. The highest BCUT2D eigenvalue weighted by Crippen LogP contribution is 2.34. The lowest BCUT2D eigenvalue weighted by Gasteiger charge is -2.11. The van der Waals surface area contributed by atoms with E-state index in [0.717, 1.165) is 12.1 Å². The van der Waals surface area contributed by atoms with E-state index in [1.54, 1.807) is 13.0 Å². The molecule has 0 fully saturated rings. The Morgan fingerprint density at radius 1 is 1.10 bits per heavy atom. The number of rotatable bonds is 8. The van der Waals surface area contributed by atoms with Crippen molar-refractivity contribution in [2.75, 3.05) is 7.11 Å². The molecule has 1 aromatic carbocycles. The Bertz CT molecular complexity index is 998. The van der Waals surface area contributed by atoms with Gasteiger partial charge >= 0.3 is 13.2 Å². The molecule has 0 saturated heterocycles. The van der Waals surface area contributed by atoms with Crippen molar-refractivity contribution in [2.45, 2.75) is 31.1 Å². The number of methoxy groups -OCH3 is 1. The first-order valence-corrected chi connectivity index (χ1v) is 9.40. The van der Waals surface area contributed by atoms with Crippen LogP contribution >= 0.6 is 0 Å². The van der Waals surface area contributed by atoms with Crippen LogP contribution in [-0.2, 0) is 16.6 Å². The van der Waals surface area contributed by atoms with E-state index in [1.165, 1.54) is 13.3 Å². The first kappa shape index (κ1) is 20.8. The molecule has 0 bridgehead atoms. The average Bonchev–Trinajstić information content (AvgIpc) is 3.05. The van der Waals surface area contributed by atoms with Crippen LogP contribution in [0.1, 0.15) is 11.3 Å². The van der Waals surface area contributed by atoms with E-state index in [0.29, 0.717) is 17.0 Å². The van der Waals surface area contributed by atoms with E-state index in [2.05, 4.69) is 24.4 Å². The van der Waals surface area contributed by atoms with Gasteiger partial charge in [0.05, 0.1) is 40.4 Å². The predicted molar refractivity (Wildman–Crippen MR) is 95.0 cm³/mol. The van der Waals surface area contributed by atoms with Gasteiger partial charge in [-0.25, -0.2) is 4.98 Å². The third-order valence-corrected chi connectivity index (χ3v) is 5.08. The Hall–Kier alpha value is -2.89. The van der Waals surface area contributed by atoms with Crippen molar-refractivity contribution >= 4 is 21.8 Å². The van der Waals surface area contributed by atoms with Crippen LogP contribution in [0.5, 0.6) is 17.2 Å². The highest BCUT2D eigenvalue weighted by atomic mass is 32.2. The fourth-order valence-electron chi connectivity index (χ4n) is 2.60. The summed E-state index contributed by atoms with van der Waals surface area (Å²) in [6, 6.07) is 3.70. The fourth-order valence-corrected chi connectivity index (χ4v) is 3.70. The summed E-state index contributed by atoms with van der Waals surface area (Å²) in [6.07, 6.45) is 1.51. The standard InChI is InChI=1S/C17H15F4N3O4S/c1-8-11(22-4-3-12(8)26-2)7-29(25)17-23-9-5-13(27-15(18)19)14(28-16(20)21)6-10(9)24-17/h3-6,15-16H,7H2,1-2H3,(H,23,24). The van der Waals surface area contributed by atoms with E-state index < -0.39 is 35.5 Å². The molecule has 0 saturated carbocycles. The minimum atomic E-state index is -3.25. The molecule has 2 heterocycles. The van der Waals surface area contributed by atoms with Crippen LogP contribution in [0.3, 0.4) is 0 Å². The lowest BCUT2D eigenvalue weighted by Crippen LogP contribution is -2.07. The number of benzene rings is 1. The topological polar surface area (TPSA) is 86.3 Å². The quantitative estimate of drug-likeness (QED) is 0.544. The SMILES string of the molecule is COc1ccnc(CS(=O)c2nc3cc(OC(F)F)c(OC(F)F)cc3[nH]2)c1C. The van der Waals surface area contributed by atoms with Crippen LogP contribution < -0.4 is 14.2 Å². The molecular formula is C17H15F4N3O4S. The van der Waals surface area contributed by atoms with Gasteiger partial charge in [-0.15, -0.1) is 0 Å². The fraction of sp³-hybridized carbons (Fsp3) is 0.294. The number of aromatic amines is 1. The predicted octanol–water partition coefficient (Wildman–Crippen LogP) is 3.79. The van der Waals surface area contributed by atoms with E-state index in [4.69, 9.17) is 4.74 Å². The largest absolute Gasteiger partial charge is 0.496 e. The number of aromatic nitrogens is 3. The van der Waals surface area contributed by atoms with Gasteiger partial charge in [0, 0.05) is 23.9 Å². The number of imidazole rings is 1. The summed E-state index contributed by atoms with van der Waals surface area (Å²) in [6.45, 7) is -4.73. The maximum absolute atomic E-state index is 12.7. The third-order valence-electron chi connectivity index (χ3n) is 3.92. The molecule has 3 rings (SSSR count). The molecule has 3 aromatic rings. The molecule has 1 N–H and O–H groups in total. The Kier molecular flexibility index (Phi) is 6.20. The summed E-state index contributed by atoms with van der Waals surface area (Å²) in [5.74, 6) is -0.621. The van der Waals surface area contributed by atoms with Gasteiger partial charge in [0.2, 0.25) is 0 Å². The summed E-state index contributed by atoms with van der Waals surface area (Å²) in [5, 5.41) is 0.0150. The van der Waals surface area contributed by atoms with Crippen molar-refractivity contribution in [3.05, 3.63) is 35.7 Å². The summed E-state index contributed by atoms with van der Waals surface area (Å²) >= 11 is 0. The van der Waals surface area contributed by atoms with Gasteiger partial charge in [-0.2, -0.15) is 17.6 Å². The second kappa shape index (κ2) is 8.64. The molecule has 0 amide bonds. The molecule has 0 aliphatic carbocycles. The zero-order valence-electron chi connectivity index (χ0n) is 15.1. The highest BCUT2D eigenvalue weighted by Gasteiger charge is 2.20. The number of ether oxygens (including phenoxy) is 3. The molecular weight excluding hydrogens is 418 g/mol. The van der Waals surface area contributed by atoms with Crippen LogP contribution in [0, 0.1) is 6.92 Å². The van der Waals surface area contributed by atoms with E-state index in [1.807, 2.05) is 0 Å². The molecule has 1 atom stereocenters. The Morgan fingerprint density at radius 3 is 2.38 bits per heavy atom. The van der Waals surface area contributed by atoms with E-state index >= 15 is 0 Å². The van der Waals surface area contributed by atoms with Gasteiger partial charge in [0.1, 0.15) is 5.75 Å². The average molecular weight is 433 g/mol. The number of halogens is 4. The molecule has 0 aliphatic rings. The molecule has 1 unspecified atom stereocenters. The van der Waals surface area contributed by atoms with Crippen molar-refractivity contribution in [2.24, 2.45) is 0 Å². The minimum absolute atomic E-state index is 0.00361. The highest BCUT2D eigenvalue weighted by molar-refractivity contribution is 7.84. The van der Waals surface area contributed by atoms with Crippen molar-refractivity contribution in [3.8, 4) is 17.2 Å². The molecule has 0 spiro atoms. The Balaban J connectivity index is 1.93. The van der Waals surface area contributed by atoms with Gasteiger partial charge in [-0.1, -0.05) is 0 Å². The number of hydrogen-bond donors (Lipinski definition) is 1. The number of alkyl halides is 4. The maximum Gasteiger partial charge on any atom is 0.387 e. The van der Waals surface area contributed by atoms with Crippen LogP contribution in [-0.4, -0.2) is 39.5 Å². The number of fused-ring (bicyclic) bond motifs is 1. The molecule has 0 aliphatic heterocycles. The second-order valence-electron chi connectivity index (χ2n) is 5.69. The summed E-state index contributed by atoms with van der Waals surface area (Å²) in [7, 11) is -0.184. The number of nitrogens with zero attached hydrogens (tertiary/aromatic N) is 2. The summed E-state index contributed by atoms with van der Waals surface area (Å²) in [4.78, 5) is 11.0. The summed E-state index contributed by atoms with van der Waals surface area (Å²) < 4.78 is 76.6. The second-order valence-corrected chi connectivity index (χ2v) is 7.06. The number of H-pyrrole nitrogens is 1. The van der Waals surface area contributed by atoms with Gasteiger partial charge in [-0.05, 0) is 13.0 Å². The van der Waals surface area contributed by atoms with Gasteiger partial charge in [-0.3, -0.25) is 9.19 Å². The number of hydrogen-bond acceptors (Lipinski definition) is 6. The zero-order valence-corrected chi connectivity index (χ0v) is 15.9. The normalized spacial score (nSPS) is 12.6. The van der Waals surface area contributed by atoms with Crippen molar-refractivity contribution < 1.29 is 36.0 Å². The van der Waals surface area contributed by atoms with Crippen molar-refractivity contribution in [1.82, 2.24) is 15.0 Å². The van der Waals surface area contributed by atoms with Gasteiger partial charge in [0.25, 0.3) is 0 Å². The molecule has 7 nitrogen and oxygen atoms in total. The molecule has 2 aromatic heterocycles. The number of pyridine rings is 1. The molecule has 29 heavy (non-hydrogen) atoms. The van der Waals surface area contributed by atoms with Crippen LogP contribution in [0.25, 0.3) is 11.0 Å². The van der Waals surface area contributed by atoms with Crippen LogP contribution in [0.2, 0.25) is 0 Å². The summed E-state index contributed by atoms with van der Waals surface area (Å²) in [5.41, 5.74) is 1.49. The van der Waals surface area contributed by atoms with Gasteiger partial charge in [0.15, 0.2) is 16.7 Å². The van der Waals surface area contributed by atoms with Crippen molar-refractivity contribution in [1.29, 1.82) is 0 Å². The Morgan fingerprint density at radius 2 is 1.76 bits per heavy atom. The zero-order chi connectivity index (χ0) is 21.1. The number of nitrogens with one attached hydrogen (secondary N) is 1. The third kappa shape index (κ3) is 4.75. The Labute approximate surface area is 164 Å². The maximum atomic E-state index is 12.7. The van der Waals surface area contributed by atoms with Crippen LogP contribution in [0.15, 0.2) is 29.6 Å². The molecule has 0 radical (unpaired) electrons. The molecule has 12 heteroatoms. The molecule has 156 valence electrons. The monoisotopic (exact) mass is 433 g/mol. The lowest BCUT2D eigenvalue weighted by molar-refractivity contribution is -0.0690. The van der Waals surface area contributed by atoms with Gasteiger partial charge < -0.3 is 19.2 Å². The van der Waals surface area contributed by atoms with E-state index in [9.17, 15) is 21.8 Å². The van der Waals surface area contributed by atoms with Crippen LogP contribution in [0.4, 0.5) is 17.6 Å². The first-order valence-electron chi connectivity index (χ1n) is 8.08. The minimum Gasteiger partial charge on any atom is -0.496 e. The smallest absolute Gasteiger partial charge is 0.387 e. The lowest BCUT2D eigenvalue weighted by atomic mass is 10.2.